The molecule has 2 rings (SSSR count). The van der Waals surface area contributed by atoms with Crippen molar-refractivity contribution in [3.05, 3.63) is 42.9 Å². The molecule has 0 N–H and O–H groups in total. The zero-order chi connectivity index (χ0) is 10.0. The van der Waals surface area contributed by atoms with Crippen molar-refractivity contribution in [1.82, 2.24) is 4.90 Å². The van der Waals surface area contributed by atoms with Crippen LogP contribution in [0.5, 0.6) is 0 Å². The lowest BCUT2D eigenvalue weighted by atomic mass is 9.86. The molecule has 0 unspecified atom stereocenters. The first-order valence-corrected chi connectivity index (χ1v) is 4.95. The third kappa shape index (κ3) is 1.80. The molecular weight excluding hydrogens is 177 g/mol. The minimum atomic E-state index is -1.17. The molecule has 2 heteroatoms. The van der Waals surface area contributed by atoms with E-state index in [-0.39, 0.29) is 0 Å². The SMILES string of the molecule is [CH]N1CCC(F)(c2ccccc2)CC1. The third-order valence-corrected chi connectivity index (χ3v) is 2.88. The fourth-order valence-electron chi connectivity index (χ4n) is 1.90. The van der Waals surface area contributed by atoms with Crippen molar-refractivity contribution in [3.8, 4) is 0 Å². The molecule has 14 heavy (non-hydrogen) atoms. The highest BCUT2D eigenvalue weighted by atomic mass is 19.1. The van der Waals surface area contributed by atoms with Gasteiger partial charge in [-0.15, -0.1) is 0 Å². The van der Waals surface area contributed by atoms with Gasteiger partial charge in [0, 0.05) is 20.1 Å². The number of likely N-dealkylation sites (tertiary alicyclic amines) is 1. The van der Waals surface area contributed by atoms with Gasteiger partial charge in [0.1, 0.15) is 5.67 Å². The second kappa shape index (κ2) is 3.70. The lowest BCUT2D eigenvalue weighted by Gasteiger charge is -2.34. The summed E-state index contributed by atoms with van der Waals surface area (Å²) in [4.78, 5) is 1.68. The number of alkyl halides is 1. The second-order valence-electron chi connectivity index (χ2n) is 3.87. The maximum absolute atomic E-state index is 14.4. The van der Waals surface area contributed by atoms with E-state index in [9.17, 15) is 4.39 Å². The van der Waals surface area contributed by atoms with Crippen molar-refractivity contribution < 1.29 is 4.39 Å². The Morgan fingerprint density at radius 1 is 1.14 bits per heavy atom. The van der Waals surface area contributed by atoms with Crippen molar-refractivity contribution in [2.75, 3.05) is 13.1 Å². The summed E-state index contributed by atoms with van der Waals surface area (Å²) >= 11 is 0. The molecule has 2 radical (unpaired) electrons. The first kappa shape index (κ1) is 9.66. The Kier molecular flexibility index (Phi) is 2.55. The lowest BCUT2D eigenvalue weighted by molar-refractivity contribution is 0.0742. The van der Waals surface area contributed by atoms with Crippen LogP contribution in [-0.4, -0.2) is 18.0 Å². The van der Waals surface area contributed by atoms with Gasteiger partial charge in [-0.1, -0.05) is 30.3 Å². The predicted octanol–water partition coefficient (Wildman–Crippen LogP) is 2.62. The van der Waals surface area contributed by atoms with E-state index >= 15 is 0 Å². The summed E-state index contributed by atoms with van der Waals surface area (Å²) in [5.74, 6) is 0. The van der Waals surface area contributed by atoms with Crippen molar-refractivity contribution in [2.45, 2.75) is 18.5 Å². The van der Waals surface area contributed by atoms with Crippen molar-refractivity contribution in [3.63, 3.8) is 0 Å². The van der Waals surface area contributed by atoms with Crippen LogP contribution in [0.1, 0.15) is 18.4 Å². The fraction of sp³-hybridized carbons (Fsp3) is 0.417. The van der Waals surface area contributed by atoms with Gasteiger partial charge in [-0.3, -0.25) is 4.90 Å². The third-order valence-electron chi connectivity index (χ3n) is 2.88. The maximum Gasteiger partial charge on any atom is 0.138 e. The van der Waals surface area contributed by atoms with Crippen molar-refractivity contribution in [2.24, 2.45) is 0 Å². The number of nitrogens with zero attached hydrogens (tertiary/aromatic N) is 1. The topological polar surface area (TPSA) is 3.24 Å². The van der Waals surface area contributed by atoms with E-state index in [1.54, 1.807) is 4.90 Å². The molecule has 1 aliphatic rings. The zero-order valence-corrected chi connectivity index (χ0v) is 8.12. The maximum atomic E-state index is 14.4. The number of halogens is 1. The average molecular weight is 191 g/mol. The van der Waals surface area contributed by atoms with E-state index in [1.165, 1.54) is 0 Å². The van der Waals surface area contributed by atoms with Crippen LogP contribution in [0.4, 0.5) is 4.39 Å². The molecule has 0 amide bonds. The van der Waals surface area contributed by atoms with Gasteiger partial charge in [0.15, 0.2) is 0 Å². The molecule has 1 saturated heterocycles. The summed E-state index contributed by atoms with van der Waals surface area (Å²) in [7, 11) is 5.60. The molecule has 1 fully saturated rings. The second-order valence-corrected chi connectivity index (χ2v) is 3.87. The van der Waals surface area contributed by atoms with Crippen LogP contribution in [0.15, 0.2) is 30.3 Å². The highest BCUT2D eigenvalue weighted by Gasteiger charge is 2.34. The van der Waals surface area contributed by atoms with Gasteiger partial charge >= 0.3 is 0 Å². The van der Waals surface area contributed by atoms with Crippen LogP contribution >= 0.6 is 0 Å². The molecule has 1 nitrogen and oxygen atoms in total. The van der Waals surface area contributed by atoms with Gasteiger partial charge in [-0.25, -0.2) is 4.39 Å². The highest BCUT2D eigenvalue weighted by Crippen LogP contribution is 2.36. The van der Waals surface area contributed by atoms with E-state index in [2.05, 4.69) is 0 Å². The predicted molar refractivity (Wildman–Crippen MR) is 54.3 cm³/mol. The van der Waals surface area contributed by atoms with E-state index in [0.717, 1.165) is 5.56 Å². The number of rotatable bonds is 1. The molecule has 74 valence electrons. The van der Waals surface area contributed by atoms with Crippen LogP contribution in [0.3, 0.4) is 0 Å². The van der Waals surface area contributed by atoms with Crippen molar-refractivity contribution >= 4 is 0 Å². The largest absolute Gasteiger partial charge is 0.297 e. The molecule has 0 aromatic heterocycles. The molecule has 1 aromatic rings. The van der Waals surface area contributed by atoms with Gasteiger partial charge in [0.05, 0.1) is 0 Å². The molecule has 0 bridgehead atoms. The Morgan fingerprint density at radius 2 is 1.71 bits per heavy atom. The van der Waals surface area contributed by atoms with Gasteiger partial charge in [0.2, 0.25) is 0 Å². The molecule has 0 saturated carbocycles. The van der Waals surface area contributed by atoms with E-state index in [1.807, 2.05) is 30.3 Å². The normalized spacial score (nSPS) is 22.1. The van der Waals surface area contributed by atoms with Crippen LogP contribution in [0.25, 0.3) is 0 Å². The molecule has 0 aliphatic carbocycles. The molecule has 1 aromatic carbocycles. The molecule has 0 atom stereocenters. The summed E-state index contributed by atoms with van der Waals surface area (Å²) < 4.78 is 14.4. The first-order chi connectivity index (χ1) is 6.71. The number of hydrogen-bond donors (Lipinski definition) is 0. The van der Waals surface area contributed by atoms with Gasteiger partial charge in [-0.2, -0.15) is 0 Å². The van der Waals surface area contributed by atoms with E-state index in [4.69, 9.17) is 7.05 Å². The standard InChI is InChI=1S/C12H14FN/c1-14-9-7-12(13,8-10-14)11-5-3-2-4-6-11/h1-6H,7-10H2. The smallest absolute Gasteiger partial charge is 0.138 e. The lowest BCUT2D eigenvalue weighted by Crippen LogP contribution is -2.36. The van der Waals surface area contributed by atoms with Gasteiger partial charge in [0.25, 0.3) is 0 Å². The zero-order valence-electron chi connectivity index (χ0n) is 8.12. The highest BCUT2D eigenvalue weighted by molar-refractivity contribution is 5.23. The van der Waals surface area contributed by atoms with Crippen molar-refractivity contribution in [1.29, 1.82) is 0 Å². The number of benzene rings is 1. The molecule has 1 heterocycles. The van der Waals surface area contributed by atoms with Crippen LogP contribution in [0.2, 0.25) is 0 Å². The van der Waals surface area contributed by atoms with Crippen LogP contribution in [-0.2, 0) is 5.67 Å². The average Bonchev–Trinajstić information content (AvgIpc) is 2.24. The monoisotopic (exact) mass is 191 g/mol. The minimum Gasteiger partial charge on any atom is -0.297 e. The Balaban J connectivity index is 2.17. The van der Waals surface area contributed by atoms with E-state index in [0.29, 0.717) is 25.9 Å². The summed E-state index contributed by atoms with van der Waals surface area (Å²) in [6, 6.07) is 9.38. The first-order valence-electron chi connectivity index (χ1n) is 4.95. The van der Waals surface area contributed by atoms with Crippen LogP contribution < -0.4 is 0 Å². The number of hydrogen-bond acceptors (Lipinski definition) is 1. The summed E-state index contributed by atoms with van der Waals surface area (Å²) in [6.45, 7) is 1.26. The Labute approximate surface area is 84.5 Å². The quantitative estimate of drug-likeness (QED) is 0.659. The minimum absolute atomic E-state index is 0.494. The van der Waals surface area contributed by atoms with Crippen LogP contribution in [0, 0.1) is 7.05 Å². The summed E-state index contributed by atoms with van der Waals surface area (Å²) in [5, 5.41) is 0. The Hall–Kier alpha value is -0.890. The summed E-state index contributed by atoms with van der Waals surface area (Å²) in [6.07, 6.45) is 0.987. The summed E-state index contributed by atoms with van der Waals surface area (Å²) in [5.41, 5.74) is -0.384. The van der Waals surface area contributed by atoms with E-state index < -0.39 is 5.67 Å². The molecule has 1 aliphatic heterocycles. The van der Waals surface area contributed by atoms with Gasteiger partial charge in [-0.05, 0) is 18.4 Å². The Bertz CT molecular complexity index is 288. The number of piperidine rings is 1. The molecule has 0 spiro atoms. The molecular formula is C12H14FN. The fourth-order valence-corrected chi connectivity index (χ4v) is 1.90. The van der Waals surface area contributed by atoms with Gasteiger partial charge < -0.3 is 0 Å². The Morgan fingerprint density at radius 3 is 2.29 bits per heavy atom.